The van der Waals surface area contributed by atoms with Gasteiger partial charge in [-0.15, -0.1) is 5.10 Å². The van der Waals surface area contributed by atoms with Gasteiger partial charge in [0.15, 0.2) is 0 Å². The number of rotatable bonds is 5. The van der Waals surface area contributed by atoms with Crippen LogP contribution >= 0.6 is 11.6 Å². The molecule has 0 radical (unpaired) electrons. The minimum atomic E-state index is -4.07. The maximum absolute atomic E-state index is 12.9. The Bertz CT molecular complexity index is 1060. The van der Waals surface area contributed by atoms with Gasteiger partial charge in [-0.2, -0.15) is 13.2 Å². The summed E-state index contributed by atoms with van der Waals surface area (Å²) < 4.78 is 40.5. The zero-order valence-electron chi connectivity index (χ0n) is 17.1. The van der Waals surface area contributed by atoms with E-state index in [4.69, 9.17) is 11.6 Å². The van der Waals surface area contributed by atoms with E-state index in [9.17, 15) is 13.2 Å². The summed E-state index contributed by atoms with van der Waals surface area (Å²) in [7, 11) is 0. The second-order valence-electron chi connectivity index (χ2n) is 8.80. The Morgan fingerprint density at radius 1 is 0.968 bits per heavy atom. The van der Waals surface area contributed by atoms with Gasteiger partial charge in [0.25, 0.3) is 0 Å². The quantitative estimate of drug-likeness (QED) is 0.484. The van der Waals surface area contributed by atoms with Gasteiger partial charge in [-0.3, -0.25) is 4.90 Å². The van der Waals surface area contributed by atoms with Crippen molar-refractivity contribution in [1.82, 2.24) is 19.9 Å². The molecule has 1 aliphatic heterocycles. The Balaban J connectivity index is 1.28. The lowest BCUT2D eigenvalue weighted by molar-refractivity contribution is -0.185. The number of likely N-dealkylation sites (tertiary alicyclic amines) is 1. The molecule has 0 bridgehead atoms. The summed E-state index contributed by atoms with van der Waals surface area (Å²) in [6, 6.07) is 12.1. The fourth-order valence-electron chi connectivity index (χ4n) is 4.37. The smallest absolute Gasteiger partial charge is 0.299 e. The van der Waals surface area contributed by atoms with E-state index < -0.39 is 12.1 Å². The zero-order chi connectivity index (χ0) is 21.6. The van der Waals surface area contributed by atoms with Gasteiger partial charge in [0.05, 0.1) is 16.5 Å². The molecular weight excluding hydrogens is 425 g/mol. The maximum Gasteiger partial charge on any atom is 0.391 e. The molecule has 164 valence electrons. The highest BCUT2D eigenvalue weighted by atomic mass is 35.5. The molecule has 2 fully saturated rings. The molecule has 2 heterocycles. The van der Waals surface area contributed by atoms with Gasteiger partial charge in [-0.05, 0) is 61.9 Å². The number of aromatic nitrogens is 3. The molecule has 2 aliphatic rings. The third-order valence-corrected chi connectivity index (χ3v) is 6.86. The molecule has 0 amide bonds. The van der Waals surface area contributed by atoms with Crippen molar-refractivity contribution in [3.05, 3.63) is 47.0 Å². The minimum absolute atomic E-state index is 0.179. The highest BCUT2D eigenvalue weighted by Crippen LogP contribution is 2.36. The Hall–Kier alpha value is -2.12. The normalized spacial score (nSPS) is 18.7. The monoisotopic (exact) mass is 448 g/mol. The van der Waals surface area contributed by atoms with Crippen molar-refractivity contribution in [2.75, 3.05) is 13.1 Å². The lowest BCUT2D eigenvalue weighted by Gasteiger charge is -2.32. The van der Waals surface area contributed by atoms with E-state index in [0.717, 1.165) is 34.3 Å². The first-order valence-corrected chi connectivity index (χ1v) is 11.2. The first-order chi connectivity index (χ1) is 14.9. The lowest BCUT2D eigenvalue weighted by Crippen LogP contribution is -2.38. The SMILES string of the molecule is FC(F)(F)C1CCN(Cc2ccc(-c3ccc4c(nnn4CC4CC4)c3Cl)cc2)CC1. The summed E-state index contributed by atoms with van der Waals surface area (Å²) in [5.74, 6) is -0.458. The second kappa shape index (κ2) is 8.10. The molecule has 0 spiro atoms. The van der Waals surface area contributed by atoms with Crippen molar-refractivity contribution in [2.45, 2.75) is 44.9 Å². The van der Waals surface area contributed by atoms with E-state index in [1.54, 1.807) is 0 Å². The molecule has 1 saturated carbocycles. The van der Waals surface area contributed by atoms with Gasteiger partial charge in [0.1, 0.15) is 5.52 Å². The molecule has 1 saturated heterocycles. The molecule has 8 heteroatoms. The van der Waals surface area contributed by atoms with Crippen LogP contribution in [0.25, 0.3) is 22.2 Å². The number of piperidine rings is 1. The molecule has 0 atom stereocenters. The Morgan fingerprint density at radius 2 is 1.68 bits per heavy atom. The van der Waals surface area contributed by atoms with E-state index in [0.29, 0.717) is 30.6 Å². The highest BCUT2D eigenvalue weighted by Gasteiger charge is 2.40. The van der Waals surface area contributed by atoms with E-state index >= 15 is 0 Å². The number of nitrogens with zero attached hydrogens (tertiary/aromatic N) is 4. The van der Waals surface area contributed by atoms with Crippen LogP contribution in [0, 0.1) is 11.8 Å². The summed E-state index contributed by atoms with van der Waals surface area (Å²) in [6.07, 6.45) is -1.21. The summed E-state index contributed by atoms with van der Waals surface area (Å²) in [6.45, 7) is 2.50. The topological polar surface area (TPSA) is 34.0 Å². The fourth-order valence-corrected chi connectivity index (χ4v) is 4.68. The van der Waals surface area contributed by atoms with Crippen molar-refractivity contribution in [1.29, 1.82) is 0 Å². The third kappa shape index (κ3) is 4.44. The third-order valence-electron chi connectivity index (χ3n) is 6.48. The zero-order valence-corrected chi connectivity index (χ0v) is 17.8. The molecule has 1 aliphatic carbocycles. The van der Waals surface area contributed by atoms with E-state index in [2.05, 4.69) is 15.2 Å². The van der Waals surface area contributed by atoms with Crippen LogP contribution < -0.4 is 0 Å². The fraction of sp³-hybridized carbons (Fsp3) is 0.478. The van der Waals surface area contributed by atoms with Gasteiger partial charge >= 0.3 is 6.18 Å². The first kappa shape index (κ1) is 20.8. The van der Waals surface area contributed by atoms with Crippen LogP contribution in [-0.4, -0.2) is 39.2 Å². The number of fused-ring (bicyclic) bond motifs is 1. The molecule has 5 rings (SSSR count). The highest BCUT2D eigenvalue weighted by molar-refractivity contribution is 6.37. The number of benzene rings is 2. The average molecular weight is 449 g/mol. The number of alkyl halides is 3. The molecule has 31 heavy (non-hydrogen) atoms. The average Bonchev–Trinajstić information content (AvgIpc) is 3.47. The molecule has 3 aromatic rings. The van der Waals surface area contributed by atoms with Crippen LogP contribution in [0.15, 0.2) is 36.4 Å². The van der Waals surface area contributed by atoms with Crippen LogP contribution in [0.3, 0.4) is 0 Å². The molecule has 0 N–H and O–H groups in total. The Kier molecular flexibility index (Phi) is 5.42. The molecule has 1 aromatic heterocycles. The summed E-state index contributed by atoms with van der Waals surface area (Å²) in [5, 5.41) is 9.17. The van der Waals surface area contributed by atoms with E-state index in [1.807, 2.05) is 41.1 Å². The minimum Gasteiger partial charge on any atom is -0.299 e. The van der Waals surface area contributed by atoms with Crippen LogP contribution in [0.2, 0.25) is 5.02 Å². The first-order valence-electron chi connectivity index (χ1n) is 10.8. The molecule has 4 nitrogen and oxygen atoms in total. The number of hydrogen-bond donors (Lipinski definition) is 0. The van der Waals surface area contributed by atoms with Crippen molar-refractivity contribution < 1.29 is 13.2 Å². The van der Waals surface area contributed by atoms with E-state index in [1.165, 1.54) is 12.8 Å². The summed E-state index contributed by atoms with van der Waals surface area (Å²) >= 11 is 6.67. The van der Waals surface area contributed by atoms with Gasteiger partial charge in [0.2, 0.25) is 0 Å². The Labute approximate surface area is 184 Å². The standard InChI is InChI=1S/C23H24ClF3N4/c24-21-19(7-8-20-22(21)28-29-31(20)14-16-1-2-16)17-5-3-15(4-6-17)13-30-11-9-18(10-12-30)23(25,26)27/h3-8,16,18H,1-2,9-14H2. The van der Waals surface area contributed by atoms with Crippen molar-refractivity contribution in [2.24, 2.45) is 11.8 Å². The van der Waals surface area contributed by atoms with Crippen LogP contribution in [0.5, 0.6) is 0 Å². The number of halogens is 4. The predicted molar refractivity (Wildman–Crippen MR) is 115 cm³/mol. The van der Waals surface area contributed by atoms with Crippen LogP contribution in [0.1, 0.15) is 31.2 Å². The van der Waals surface area contributed by atoms with Gasteiger partial charge < -0.3 is 0 Å². The van der Waals surface area contributed by atoms with Crippen molar-refractivity contribution >= 4 is 22.6 Å². The van der Waals surface area contributed by atoms with Crippen LogP contribution in [-0.2, 0) is 13.1 Å². The summed E-state index contributed by atoms with van der Waals surface area (Å²) in [4.78, 5) is 2.09. The van der Waals surface area contributed by atoms with E-state index in [-0.39, 0.29) is 12.8 Å². The molecular formula is C23H24ClF3N4. The maximum atomic E-state index is 12.9. The van der Waals surface area contributed by atoms with Crippen molar-refractivity contribution in [3.8, 4) is 11.1 Å². The Morgan fingerprint density at radius 3 is 2.32 bits per heavy atom. The number of hydrogen-bond acceptors (Lipinski definition) is 3. The van der Waals surface area contributed by atoms with Crippen molar-refractivity contribution in [3.63, 3.8) is 0 Å². The van der Waals surface area contributed by atoms with Crippen LogP contribution in [0.4, 0.5) is 13.2 Å². The molecule has 2 aromatic carbocycles. The van der Waals surface area contributed by atoms with Gasteiger partial charge in [-0.25, -0.2) is 4.68 Å². The second-order valence-corrected chi connectivity index (χ2v) is 9.18. The van der Waals surface area contributed by atoms with Gasteiger partial charge in [0, 0.05) is 18.7 Å². The van der Waals surface area contributed by atoms with Gasteiger partial charge in [-0.1, -0.05) is 47.1 Å². The predicted octanol–water partition coefficient (Wildman–Crippen LogP) is 5.94. The molecule has 0 unspecified atom stereocenters. The largest absolute Gasteiger partial charge is 0.391 e. The summed E-state index contributed by atoms with van der Waals surface area (Å²) in [5.41, 5.74) is 4.66. The lowest BCUT2D eigenvalue weighted by atomic mass is 9.96.